The molecule has 0 aliphatic rings. The van der Waals surface area contributed by atoms with Gasteiger partial charge in [0.05, 0.1) is 18.9 Å². The first kappa shape index (κ1) is 23.5. The number of Topliss-reactive ketones (excluding diaryl/α,β-unsaturated/α-hetero) is 1. The molecule has 0 saturated carbocycles. The van der Waals surface area contributed by atoms with Crippen molar-refractivity contribution in [3.05, 3.63) is 71.0 Å². The van der Waals surface area contributed by atoms with Gasteiger partial charge in [-0.3, -0.25) is 9.59 Å². The molecule has 2 aromatic carbocycles. The van der Waals surface area contributed by atoms with Gasteiger partial charge in [0.2, 0.25) is 0 Å². The maximum Gasteiger partial charge on any atom is 0.251 e. The molecule has 0 fully saturated rings. The highest BCUT2D eigenvalue weighted by Gasteiger charge is 2.25. The third-order valence-electron chi connectivity index (χ3n) is 5.12. The Bertz CT molecular complexity index is 1090. The number of thioether (sulfide) groups is 1. The van der Waals surface area contributed by atoms with Crippen molar-refractivity contribution < 1.29 is 14.3 Å². The molecule has 0 saturated heterocycles. The van der Waals surface area contributed by atoms with Crippen LogP contribution in [0.5, 0.6) is 5.75 Å². The highest BCUT2D eigenvalue weighted by Crippen LogP contribution is 2.25. The Balaban J connectivity index is 1.70. The number of ether oxygens (including phenoxy) is 1. The highest BCUT2D eigenvalue weighted by molar-refractivity contribution is 7.99. The molecule has 1 N–H and O–H groups in total. The van der Waals surface area contributed by atoms with Crippen molar-refractivity contribution >= 4 is 23.5 Å². The zero-order chi connectivity index (χ0) is 23.3. The van der Waals surface area contributed by atoms with Crippen LogP contribution >= 0.6 is 11.8 Å². The van der Waals surface area contributed by atoms with Gasteiger partial charge in [0, 0.05) is 18.2 Å². The Morgan fingerprint density at radius 2 is 1.81 bits per heavy atom. The molecule has 0 radical (unpaired) electrons. The third kappa shape index (κ3) is 5.56. The molecule has 1 heterocycles. The molecular weight excluding hydrogens is 424 g/mol. The van der Waals surface area contributed by atoms with Crippen molar-refractivity contribution in [3.8, 4) is 5.75 Å². The normalized spacial score (nSPS) is 11.9. The van der Waals surface area contributed by atoms with Gasteiger partial charge in [0.1, 0.15) is 5.75 Å². The Morgan fingerprint density at radius 1 is 1.09 bits per heavy atom. The summed E-state index contributed by atoms with van der Waals surface area (Å²) in [5, 5.41) is 12.3. The first-order valence-corrected chi connectivity index (χ1v) is 11.4. The van der Waals surface area contributed by atoms with Gasteiger partial charge in [-0.2, -0.15) is 0 Å². The van der Waals surface area contributed by atoms with Crippen molar-refractivity contribution in [2.24, 2.45) is 13.0 Å². The number of methoxy groups -OCH3 is 1. The van der Waals surface area contributed by atoms with Gasteiger partial charge < -0.3 is 14.6 Å². The number of hydrogen-bond donors (Lipinski definition) is 1. The number of benzene rings is 2. The molecule has 0 aliphatic heterocycles. The maximum atomic E-state index is 12.8. The van der Waals surface area contributed by atoms with Crippen molar-refractivity contribution in [2.75, 3.05) is 12.9 Å². The standard InChI is InChI=1S/C24H28N4O3S/c1-15(2)21(25-23(30)18-8-6-7-16(3)13-18)22-26-27-24(28(22)4)32-14-20(29)17-9-11-19(31-5)12-10-17/h6-13,15,21H,14H2,1-5H3,(H,25,30)/t21-/m1/s1. The molecule has 0 unspecified atom stereocenters. The van der Waals surface area contributed by atoms with Gasteiger partial charge in [-0.1, -0.05) is 43.3 Å². The quantitative estimate of drug-likeness (QED) is 0.386. The number of carbonyl (C=O) groups is 2. The van der Waals surface area contributed by atoms with Gasteiger partial charge in [-0.15, -0.1) is 10.2 Å². The van der Waals surface area contributed by atoms with Gasteiger partial charge in [0.15, 0.2) is 16.8 Å². The number of carbonyl (C=O) groups excluding carboxylic acids is 2. The van der Waals surface area contributed by atoms with Crippen LogP contribution in [0.15, 0.2) is 53.7 Å². The fourth-order valence-electron chi connectivity index (χ4n) is 3.25. The van der Waals surface area contributed by atoms with Gasteiger partial charge in [-0.05, 0) is 49.2 Å². The maximum absolute atomic E-state index is 12.8. The van der Waals surface area contributed by atoms with Crippen LogP contribution in [0, 0.1) is 12.8 Å². The summed E-state index contributed by atoms with van der Waals surface area (Å²) in [6, 6.07) is 14.2. The summed E-state index contributed by atoms with van der Waals surface area (Å²) in [5.74, 6) is 1.54. The lowest BCUT2D eigenvalue weighted by atomic mass is 10.0. The summed E-state index contributed by atoms with van der Waals surface area (Å²) in [5.41, 5.74) is 2.25. The number of ketones is 1. The summed E-state index contributed by atoms with van der Waals surface area (Å²) < 4.78 is 6.97. The van der Waals surface area contributed by atoms with E-state index in [4.69, 9.17) is 4.74 Å². The molecule has 168 valence electrons. The number of aromatic nitrogens is 3. The molecule has 1 atom stereocenters. The lowest BCUT2D eigenvalue weighted by molar-refractivity contribution is 0.0921. The van der Waals surface area contributed by atoms with Crippen LogP contribution in [0.25, 0.3) is 0 Å². The van der Waals surface area contributed by atoms with Crippen LogP contribution in [-0.2, 0) is 7.05 Å². The van der Waals surface area contributed by atoms with Crippen LogP contribution in [0.4, 0.5) is 0 Å². The number of hydrogen-bond acceptors (Lipinski definition) is 6. The largest absolute Gasteiger partial charge is 0.497 e. The zero-order valence-corrected chi connectivity index (χ0v) is 19.8. The van der Waals surface area contributed by atoms with E-state index in [1.807, 2.05) is 50.6 Å². The van der Waals surface area contributed by atoms with E-state index in [1.165, 1.54) is 11.8 Å². The monoisotopic (exact) mass is 452 g/mol. The van der Waals surface area contributed by atoms with E-state index in [0.717, 1.165) is 5.56 Å². The average molecular weight is 453 g/mol. The predicted octanol–water partition coefficient (Wildman–Crippen LogP) is 4.23. The Hall–Kier alpha value is -3.13. The molecule has 3 rings (SSSR count). The summed E-state index contributed by atoms with van der Waals surface area (Å²) in [6.07, 6.45) is 0. The fraction of sp³-hybridized carbons (Fsp3) is 0.333. The second-order valence-electron chi connectivity index (χ2n) is 7.90. The predicted molar refractivity (Wildman–Crippen MR) is 125 cm³/mol. The van der Waals surface area contributed by atoms with Crippen LogP contribution in [0.3, 0.4) is 0 Å². The molecule has 3 aromatic rings. The minimum Gasteiger partial charge on any atom is -0.497 e. The number of aryl methyl sites for hydroxylation is 1. The minimum atomic E-state index is -0.313. The van der Waals surface area contributed by atoms with E-state index in [2.05, 4.69) is 15.5 Å². The number of nitrogens with one attached hydrogen (secondary N) is 1. The topological polar surface area (TPSA) is 86.1 Å². The number of rotatable bonds is 9. The lowest BCUT2D eigenvalue weighted by Crippen LogP contribution is -2.33. The Kier molecular flexibility index (Phi) is 7.69. The third-order valence-corrected chi connectivity index (χ3v) is 6.14. The van der Waals surface area contributed by atoms with Crippen molar-refractivity contribution in [3.63, 3.8) is 0 Å². The first-order chi connectivity index (χ1) is 15.3. The van der Waals surface area contributed by atoms with Crippen LogP contribution in [0.2, 0.25) is 0 Å². The van der Waals surface area contributed by atoms with E-state index < -0.39 is 0 Å². The molecule has 0 spiro atoms. The van der Waals surface area contributed by atoms with Gasteiger partial charge in [-0.25, -0.2) is 0 Å². The molecule has 1 amide bonds. The lowest BCUT2D eigenvalue weighted by Gasteiger charge is -2.21. The summed E-state index contributed by atoms with van der Waals surface area (Å²) >= 11 is 1.32. The van der Waals surface area contributed by atoms with E-state index in [1.54, 1.807) is 37.4 Å². The van der Waals surface area contributed by atoms with Crippen LogP contribution in [0.1, 0.15) is 52.0 Å². The second-order valence-corrected chi connectivity index (χ2v) is 8.85. The fourth-order valence-corrected chi connectivity index (χ4v) is 4.07. The minimum absolute atomic E-state index is 0.00429. The molecule has 0 bridgehead atoms. The Morgan fingerprint density at radius 3 is 2.44 bits per heavy atom. The average Bonchev–Trinajstić information content (AvgIpc) is 3.15. The van der Waals surface area contributed by atoms with Crippen molar-refractivity contribution in [2.45, 2.75) is 32.0 Å². The molecule has 8 heteroatoms. The number of amides is 1. The highest BCUT2D eigenvalue weighted by atomic mass is 32.2. The van der Waals surface area contributed by atoms with Gasteiger partial charge >= 0.3 is 0 Å². The zero-order valence-electron chi connectivity index (χ0n) is 19.0. The SMILES string of the molecule is COc1ccc(C(=O)CSc2nnc([C@H](NC(=O)c3cccc(C)c3)C(C)C)n2C)cc1. The summed E-state index contributed by atoms with van der Waals surface area (Å²) in [4.78, 5) is 25.3. The summed E-state index contributed by atoms with van der Waals surface area (Å²) in [6.45, 7) is 6.00. The van der Waals surface area contributed by atoms with Crippen LogP contribution < -0.4 is 10.1 Å². The van der Waals surface area contributed by atoms with Gasteiger partial charge in [0.25, 0.3) is 5.91 Å². The van der Waals surface area contributed by atoms with Crippen molar-refractivity contribution in [1.82, 2.24) is 20.1 Å². The first-order valence-electron chi connectivity index (χ1n) is 10.4. The molecule has 7 nitrogen and oxygen atoms in total. The van der Waals surface area contributed by atoms with E-state index in [-0.39, 0.29) is 29.4 Å². The molecule has 1 aromatic heterocycles. The molecular formula is C24H28N4O3S. The summed E-state index contributed by atoms with van der Waals surface area (Å²) in [7, 11) is 3.44. The smallest absolute Gasteiger partial charge is 0.251 e. The van der Waals surface area contributed by atoms with Crippen LogP contribution in [-0.4, -0.2) is 39.3 Å². The van der Waals surface area contributed by atoms with E-state index >= 15 is 0 Å². The molecule has 0 aliphatic carbocycles. The van der Waals surface area contributed by atoms with Crippen molar-refractivity contribution in [1.29, 1.82) is 0 Å². The second kappa shape index (κ2) is 10.5. The van der Waals surface area contributed by atoms with E-state index in [0.29, 0.717) is 27.9 Å². The van der Waals surface area contributed by atoms with E-state index in [9.17, 15) is 9.59 Å². The number of nitrogens with zero attached hydrogens (tertiary/aromatic N) is 3. The molecule has 32 heavy (non-hydrogen) atoms. The Labute approximate surface area is 192 Å².